The van der Waals surface area contributed by atoms with E-state index in [0.717, 1.165) is 18.6 Å². The summed E-state index contributed by atoms with van der Waals surface area (Å²) in [5.41, 5.74) is 1.30. The van der Waals surface area contributed by atoms with Gasteiger partial charge in [0.15, 0.2) is 0 Å². The first-order chi connectivity index (χ1) is 8.72. The maximum Gasteiger partial charge on any atom is 0.115 e. The second-order valence-corrected chi connectivity index (χ2v) is 5.74. The molecular formula is C15H22N2O. The van der Waals surface area contributed by atoms with Crippen LogP contribution in [-0.2, 0) is 6.54 Å². The van der Waals surface area contributed by atoms with Crippen LogP contribution in [0.15, 0.2) is 24.3 Å². The molecule has 3 rings (SSSR count). The predicted molar refractivity (Wildman–Crippen MR) is 72.6 cm³/mol. The lowest BCUT2D eigenvalue weighted by Crippen LogP contribution is -2.36. The lowest BCUT2D eigenvalue weighted by atomic mass is 10.1. The second-order valence-electron chi connectivity index (χ2n) is 5.74. The van der Waals surface area contributed by atoms with Gasteiger partial charge in [0.25, 0.3) is 0 Å². The molecule has 18 heavy (non-hydrogen) atoms. The maximum atomic E-state index is 9.31. The summed E-state index contributed by atoms with van der Waals surface area (Å²) in [6.45, 7) is 3.40. The van der Waals surface area contributed by atoms with Crippen LogP contribution in [0.4, 0.5) is 0 Å². The highest BCUT2D eigenvalue weighted by Gasteiger charge is 2.34. The molecule has 1 aromatic rings. The molecule has 0 aromatic heterocycles. The van der Waals surface area contributed by atoms with E-state index in [4.69, 9.17) is 0 Å². The van der Waals surface area contributed by atoms with Crippen molar-refractivity contribution >= 4 is 0 Å². The molecule has 2 fully saturated rings. The first-order valence-electron chi connectivity index (χ1n) is 6.94. The van der Waals surface area contributed by atoms with Gasteiger partial charge in [-0.15, -0.1) is 0 Å². The largest absolute Gasteiger partial charge is 0.508 e. The lowest BCUT2D eigenvalue weighted by molar-refractivity contribution is 0.214. The van der Waals surface area contributed by atoms with Gasteiger partial charge in [0.2, 0.25) is 0 Å². The third-order valence-corrected chi connectivity index (χ3v) is 4.58. The standard InChI is InChI=1S/C15H22N2O/c1-16-13-4-5-14(16)11-17(9-8-13)10-12-2-6-15(18)7-3-12/h2-3,6-7,13-14,18H,4-5,8-11H2,1H3. The Labute approximate surface area is 109 Å². The van der Waals surface area contributed by atoms with Gasteiger partial charge in [-0.1, -0.05) is 12.1 Å². The quantitative estimate of drug-likeness (QED) is 0.865. The molecule has 2 aliphatic heterocycles. The maximum absolute atomic E-state index is 9.31. The van der Waals surface area contributed by atoms with Crippen molar-refractivity contribution in [2.45, 2.75) is 37.9 Å². The molecule has 2 unspecified atom stereocenters. The van der Waals surface area contributed by atoms with Crippen molar-refractivity contribution in [1.29, 1.82) is 0 Å². The molecular weight excluding hydrogens is 224 g/mol. The fourth-order valence-electron chi connectivity index (χ4n) is 3.38. The predicted octanol–water partition coefficient (Wildman–Crippen LogP) is 2.06. The van der Waals surface area contributed by atoms with E-state index in [0.29, 0.717) is 5.75 Å². The zero-order chi connectivity index (χ0) is 12.5. The minimum Gasteiger partial charge on any atom is -0.508 e. The van der Waals surface area contributed by atoms with Crippen LogP contribution in [-0.4, -0.2) is 47.1 Å². The van der Waals surface area contributed by atoms with Gasteiger partial charge in [-0.2, -0.15) is 0 Å². The molecule has 0 saturated carbocycles. The minimum atomic E-state index is 0.355. The zero-order valence-corrected chi connectivity index (χ0v) is 11.0. The number of fused-ring (bicyclic) bond motifs is 2. The highest BCUT2D eigenvalue weighted by molar-refractivity contribution is 5.25. The van der Waals surface area contributed by atoms with E-state index in [1.165, 1.54) is 37.9 Å². The summed E-state index contributed by atoms with van der Waals surface area (Å²) in [4.78, 5) is 5.14. The van der Waals surface area contributed by atoms with E-state index < -0.39 is 0 Å². The molecule has 0 radical (unpaired) electrons. The van der Waals surface area contributed by atoms with E-state index in [1.54, 1.807) is 12.1 Å². The molecule has 2 heterocycles. The molecule has 2 bridgehead atoms. The number of phenolic OH excluding ortho intramolecular Hbond substituents is 1. The number of likely N-dealkylation sites (N-methyl/N-ethyl adjacent to an activating group) is 1. The van der Waals surface area contributed by atoms with Crippen LogP contribution < -0.4 is 0 Å². The number of rotatable bonds is 2. The molecule has 1 aromatic carbocycles. The Kier molecular flexibility index (Phi) is 3.27. The van der Waals surface area contributed by atoms with Crippen molar-refractivity contribution in [1.82, 2.24) is 9.80 Å². The number of benzene rings is 1. The van der Waals surface area contributed by atoms with Crippen molar-refractivity contribution in [3.8, 4) is 5.75 Å². The Hall–Kier alpha value is -1.06. The summed E-state index contributed by atoms with van der Waals surface area (Å²) in [5.74, 6) is 0.355. The van der Waals surface area contributed by atoms with E-state index >= 15 is 0 Å². The van der Waals surface area contributed by atoms with Crippen molar-refractivity contribution in [2.24, 2.45) is 0 Å². The van der Waals surface area contributed by atoms with Crippen molar-refractivity contribution in [3.63, 3.8) is 0 Å². The van der Waals surface area contributed by atoms with Crippen molar-refractivity contribution < 1.29 is 5.11 Å². The number of phenols is 1. The van der Waals surface area contributed by atoms with Gasteiger partial charge in [-0.3, -0.25) is 9.80 Å². The van der Waals surface area contributed by atoms with Crippen LogP contribution in [0, 0.1) is 0 Å². The van der Waals surface area contributed by atoms with E-state index in [2.05, 4.69) is 16.8 Å². The third kappa shape index (κ3) is 2.38. The van der Waals surface area contributed by atoms with Crippen LogP contribution in [0.2, 0.25) is 0 Å². The molecule has 2 aliphatic rings. The van der Waals surface area contributed by atoms with Crippen LogP contribution >= 0.6 is 0 Å². The van der Waals surface area contributed by atoms with E-state index in [9.17, 15) is 5.11 Å². The molecule has 2 atom stereocenters. The summed E-state index contributed by atoms with van der Waals surface area (Å²) in [7, 11) is 2.28. The first kappa shape index (κ1) is 12.0. The van der Waals surface area contributed by atoms with Crippen LogP contribution in [0.1, 0.15) is 24.8 Å². The molecule has 0 spiro atoms. The number of nitrogens with zero attached hydrogens (tertiary/aromatic N) is 2. The number of likely N-dealkylation sites (tertiary alicyclic amines) is 1. The van der Waals surface area contributed by atoms with Gasteiger partial charge >= 0.3 is 0 Å². The summed E-state index contributed by atoms with van der Waals surface area (Å²) < 4.78 is 0. The van der Waals surface area contributed by atoms with Crippen molar-refractivity contribution in [3.05, 3.63) is 29.8 Å². The molecule has 2 saturated heterocycles. The average Bonchev–Trinajstić information content (AvgIpc) is 2.60. The highest BCUT2D eigenvalue weighted by Crippen LogP contribution is 2.29. The van der Waals surface area contributed by atoms with E-state index in [1.807, 2.05) is 12.1 Å². The smallest absolute Gasteiger partial charge is 0.115 e. The average molecular weight is 246 g/mol. The monoisotopic (exact) mass is 246 g/mol. The summed E-state index contributed by atoms with van der Waals surface area (Å²) in [5, 5.41) is 9.31. The summed E-state index contributed by atoms with van der Waals surface area (Å²) >= 11 is 0. The molecule has 0 amide bonds. The fourth-order valence-corrected chi connectivity index (χ4v) is 3.38. The Bertz CT molecular complexity index is 403. The van der Waals surface area contributed by atoms with Gasteiger partial charge in [-0.25, -0.2) is 0 Å². The lowest BCUT2D eigenvalue weighted by Gasteiger charge is -2.25. The van der Waals surface area contributed by atoms with Crippen molar-refractivity contribution in [2.75, 3.05) is 20.1 Å². The summed E-state index contributed by atoms with van der Waals surface area (Å²) in [6, 6.07) is 9.18. The SMILES string of the molecule is CN1C2CCC1CN(Cc1ccc(O)cc1)CC2. The number of hydrogen-bond acceptors (Lipinski definition) is 3. The zero-order valence-electron chi connectivity index (χ0n) is 11.0. The molecule has 3 heteroatoms. The van der Waals surface area contributed by atoms with Gasteiger partial charge in [0.05, 0.1) is 0 Å². The number of aromatic hydroxyl groups is 1. The Morgan fingerprint density at radius 2 is 1.83 bits per heavy atom. The minimum absolute atomic E-state index is 0.355. The Morgan fingerprint density at radius 1 is 1.11 bits per heavy atom. The van der Waals surface area contributed by atoms with Gasteiger partial charge in [0.1, 0.15) is 5.75 Å². The number of hydrogen-bond donors (Lipinski definition) is 1. The normalized spacial score (nSPS) is 29.4. The van der Waals surface area contributed by atoms with Crippen LogP contribution in [0.25, 0.3) is 0 Å². The Balaban J connectivity index is 1.65. The van der Waals surface area contributed by atoms with Crippen LogP contribution in [0.5, 0.6) is 5.75 Å². The molecule has 1 N–H and O–H groups in total. The molecule has 3 nitrogen and oxygen atoms in total. The van der Waals surface area contributed by atoms with Gasteiger partial charge in [-0.05, 0) is 44.0 Å². The molecule has 98 valence electrons. The highest BCUT2D eigenvalue weighted by atomic mass is 16.3. The molecule has 0 aliphatic carbocycles. The first-order valence-corrected chi connectivity index (χ1v) is 6.94. The fraction of sp³-hybridized carbons (Fsp3) is 0.600. The summed E-state index contributed by atoms with van der Waals surface area (Å²) in [6.07, 6.45) is 4.03. The topological polar surface area (TPSA) is 26.7 Å². The third-order valence-electron chi connectivity index (χ3n) is 4.58. The van der Waals surface area contributed by atoms with Crippen LogP contribution in [0.3, 0.4) is 0 Å². The van der Waals surface area contributed by atoms with Gasteiger partial charge < -0.3 is 5.11 Å². The van der Waals surface area contributed by atoms with E-state index in [-0.39, 0.29) is 0 Å². The van der Waals surface area contributed by atoms with Gasteiger partial charge in [0, 0.05) is 31.7 Å². The second kappa shape index (κ2) is 4.90. The Morgan fingerprint density at radius 3 is 2.61 bits per heavy atom.